The van der Waals surface area contributed by atoms with E-state index in [9.17, 15) is 19.1 Å². The lowest BCUT2D eigenvalue weighted by atomic mass is 10.1. The summed E-state index contributed by atoms with van der Waals surface area (Å²) in [7, 11) is 0. The van der Waals surface area contributed by atoms with Gasteiger partial charge in [0.05, 0.1) is 4.43 Å². The second kappa shape index (κ2) is 5.78. The molecule has 2 N–H and O–H groups in total. The van der Waals surface area contributed by atoms with Crippen molar-refractivity contribution >= 4 is 22.6 Å². The van der Waals surface area contributed by atoms with Crippen LogP contribution < -0.4 is 11.2 Å². The molecule has 1 aliphatic rings. The van der Waals surface area contributed by atoms with Crippen molar-refractivity contribution in [1.82, 2.24) is 9.55 Å². The monoisotopic (exact) mass is 414 g/mol. The average molecular weight is 414 g/mol. The van der Waals surface area contributed by atoms with Gasteiger partial charge in [-0.15, -0.1) is 0 Å². The number of nitrogens with zero attached hydrogens (tertiary/aromatic N) is 1. The van der Waals surface area contributed by atoms with Crippen molar-refractivity contribution in [1.29, 1.82) is 0 Å². The van der Waals surface area contributed by atoms with E-state index in [-0.39, 0.29) is 10.8 Å². The van der Waals surface area contributed by atoms with Crippen LogP contribution >= 0.6 is 22.6 Å². The molecule has 1 aromatic heterocycles. The fraction of sp³-hybridized carbons (Fsp3) is 0.667. The van der Waals surface area contributed by atoms with Gasteiger partial charge in [0.25, 0.3) is 5.56 Å². The van der Waals surface area contributed by atoms with Crippen LogP contribution in [0.3, 0.4) is 0 Å². The zero-order valence-corrected chi connectivity index (χ0v) is 13.7. The van der Waals surface area contributed by atoms with Gasteiger partial charge in [-0.05, 0) is 13.8 Å². The first-order valence-corrected chi connectivity index (χ1v) is 7.81. The third-order valence-corrected chi connectivity index (χ3v) is 4.04. The number of hydrogen-bond acceptors (Lipinski definition) is 5. The summed E-state index contributed by atoms with van der Waals surface area (Å²) in [6, 6.07) is 1.15. The standard InChI is InChI=1S/C12H16FIN2O5/c1-11(2,19)20-7-5-9(21-12(7,13)6-14)16-4-3-8(17)15-10(16)18/h3-4,7,9,19H,5-6H2,1-2H3,(H,15,17,18)/t7-,9+,12+/m0/s1. The summed E-state index contributed by atoms with van der Waals surface area (Å²) in [6.07, 6.45) is -0.666. The largest absolute Gasteiger partial charge is 0.366 e. The molecule has 0 bridgehead atoms. The van der Waals surface area contributed by atoms with Crippen LogP contribution in [0.25, 0.3) is 0 Å². The zero-order valence-electron chi connectivity index (χ0n) is 11.5. The molecule has 0 saturated carbocycles. The predicted molar refractivity (Wildman–Crippen MR) is 80.0 cm³/mol. The molecule has 1 saturated heterocycles. The van der Waals surface area contributed by atoms with Crippen molar-refractivity contribution in [2.24, 2.45) is 0 Å². The second-order valence-electron chi connectivity index (χ2n) is 5.30. The summed E-state index contributed by atoms with van der Waals surface area (Å²) < 4.78 is 26.4. The van der Waals surface area contributed by atoms with Crippen LogP contribution in [0.2, 0.25) is 0 Å². The molecule has 21 heavy (non-hydrogen) atoms. The number of ether oxygens (including phenoxy) is 2. The summed E-state index contributed by atoms with van der Waals surface area (Å²) in [5.74, 6) is -3.65. The van der Waals surface area contributed by atoms with Crippen LogP contribution in [0.5, 0.6) is 0 Å². The molecular formula is C12H16FIN2O5. The molecule has 0 spiro atoms. The Morgan fingerprint density at radius 3 is 2.86 bits per heavy atom. The number of hydrogen-bond donors (Lipinski definition) is 2. The first-order valence-electron chi connectivity index (χ1n) is 6.29. The molecule has 0 aliphatic carbocycles. The van der Waals surface area contributed by atoms with Crippen LogP contribution in [0.1, 0.15) is 26.5 Å². The van der Waals surface area contributed by atoms with Gasteiger partial charge in [0, 0.05) is 18.7 Å². The van der Waals surface area contributed by atoms with E-state index in [1.54, 1.807) is 0 Å². The van der Waals surface area contributed by atoms with Gasteiger partial charge in [-0.25, -0.2) is 9.18 Å². The molecule has 1 aliphatic heterocycles. The molecule has 118 valence electrons. The third-order valence-electron chi connectivity index (χ3n) is 3.00. The Kier molecular flexibility index (Phi) is 4.57. The highest BCUT2D eigenvalue weighted by atomic mass is 127. The number of halogens is 2. The number of aliphatic hydroxyl groups is 1. The maximum atomic E-state index is 14.7. The van der Waals surface area contributed by atoms with Gasteiger partial charge in [0.15, 0.2) is 5.79 Å². The first kappa shape index (κ1) is 16.6. The average Bonchev–Trinajstić information content (AvgIpc) is 2.65. The van der Waals surface area contributed by atoms with Crippen molar-refractivity contribution in [2.45, 2.75) is 44.2 Å². The Hall–Kier alpha value is -0.780. The van der Waals surface area contributed by atoms with E-state index in [1.165, 1.54) is 20.0 Å². The highest BCUT2D eigenvalue weighted by Crippen LogP contribution is 2.41. The van der Waals surface area contributed by atoms with E-state index in [4.69, 9.17) is 9.47 Å². The normalized spacial score (nSPS) is 29.8. The van der Waals surface area contributed by atoms with E-state index >= 15 is 0 Å². The summed E-state index contributed by atoms with van der Waals surface area (Å²) in [5, 5.41) is 9.69. The van der Waals surface area contributed by atoms with Gasteiger partial charge in [-0.2, -0.15) is 0 Å². The quantitative estimate of drug-likeness (QED) is 0.429. The van der Waals surface area contributed by atoms with Crippen molar-refractivity contribution in [2.75, 3.05) is 4.43 Å². The van der Waals surface area contributed by atoms with Crippen molar-refractivity contribution in [3.05, 3.63) is 33.1 Å². The molecule has 0 amide bonds. The summed E-state index contributed by atoms with van der Waals surface area (Å²) in [4.78, 5) is 24.9. The lowest BCUT2D eigenvalue weighted by molar-refractivity contribution is -0.257. The number of rotatable bonds is 4. The van der Waals surface area contributed by atoms with Crippen LogP contribution in [0.15, 0.2) is 21.9 Å². The zero-order chi connectivity index (χ0) is 15.8. The van der Waals surface area contributed by atoms with Crippen LogP contribution in [0, 0.1) is 0 Å². The number of aromatic nitrogens is 2. The Morgan fingerprint density at radius 2 is 2.33 bits per heavy atom. The van der Waals surface area contributed by atoms with E-state index in [1.807, 2.05) is 22.6 Å². The highest BCUT2D eigenvalue weighted by Gasteiger charge is 2.52. The molecule has 2 rings (SSSR count). The minimum atomic E-state index is -2.12. The van der Waals surface area contributed by atoms with Crippen LogP contribution in [-0.4, -0.2) is 36.8 Å². The van der Waals surface area contributed by atoms with E-state index in [0.29, 0.717) is 0 Å². The van der Waals surface area contributed by atoms with Crippen molar-refractivity contribution < 1.29 is 19.0 Å². The Bertz CT molecular complexity index is 625. The Balaban J connectivity index is 2.29. The number of alkyl halides is 2. The maximum Gasteiger partial charge on any atom is 0.330 e. The fourth-order valence-electron chi connectivity index (χ4n) is 2.14. The van der Waals surface area contributed by atoms with Gasteiger partial charge in [0.1, 0.15) is 12.3 Å². The summed E-state index contributed by atoms with van der Waals surface area (Å²) in [5.41, 5.74) is -1.23. The van der Waals surface area contributed by atoms with Crippen molar-refractivity contribution in [3.63, 3.8) is 0 Å². The molecule has 0 radical (unpaired) electrons. The fourth-order valence-corrected chi connectivity index (χ4v) is 2.81. The smallest absolute Gasteiger partial charge is 0.330 e. The lowest BCUT2D eigenvalue weighted by Gasteiger charge is -2.29. The summed E-state index contributed by atoms with van der Waals surface area (Å²) in [6.45, 7) is 2.78. The Morgan fingerprint density at radius 1 is 1.67 bits per heavy atom. The second-order valence-corrected chi connectivity index (χ2v) is 6.06. The number of nitrogens with one attached hydrogen (secondary N) is 1. The first-order chi connectivity index (χ1) is 9.64. The van der Waals surface area contributed by atoms with Crippen LogP contribution in [0.4, 0.5) is 4.39 Å². The SMILES string of the molecule is CC(C)(O)O[C@H]1C[C@H](n2ccc(=O)[nH]c2=O)O[C@]1(F)CI. The van der Waals surface area contributed by atoms with Gasteiger partial charge in [-0.3, -0.25) is 14.3 Å². The van der Waals surface area contributed by atoms with Gasteiger partial charge in [-0.1, -0.05) is 22.6 Å². The topological polar surface area (TPSA) is 93.5 Å². The molecule has 1 aromatic rings. The number of H-pyrrole nitrogens is 1. The highest BCUT2D eigenvalue weighted by molar-refractivity contribution is 14.1. The molecule has 7 nitrogen and oxygen atoms in total. The Labute approximate surface area is 133 Å². The lowest BCUT2D eigenvalue weighted by Crippen LogP contribution is -2.43. The van der Waals surface area contributed by atoms with E-state index < -0.39 is 35.2 Å². The van der Waals surface area contributed by atoms with Gasteiger partial charge < -0.3 is 14.6 Å². The minimum Gasteiger partial charge on any atom is -0.366 e. The summed E-state index contributed by atoms with van der Waals surface area (Å²) >= 11 is 1.81. The number of aromatic amines is 1. The van der Waals surface area contributed by atoms with E-state index in [2.05, 4.69) is 4.98 Å². The molecule has 9 heteroatoms. The van der Waals surface area contributed by atoms with Gasteiger partial charge in [0.2, 0.25) is 5.85 Å². The van der Waals surface area contributed by atoms with Gasteiger partial charge >= 0.3 is 5.69 Å². The third kappa shape index (κ3) is 3.71. The predicted octanol–water partition coefficient (Wildman–Crippen LogP) is 0.670. The molecule has 0 aromatic carbocycles. The molecule has 0 unspecified atom stereocenters. The van der Waals surface area contributed by atoms with Crippen molar-refractivity contribution in [3.8, 4) is 0 Å². The maximum absolute atomic E-state index is 14.7. The molecule has 2 heterocycles. The van der Waals surface area contributed by atoms with Crippen LogP contribution in [-0.2, 0) is 9.47 Å². The minimum absolute atomic E-state index is 0.0277. The van der Waals surface area contributed by atoms with E-state index in [0.717, 1.165) is 10.6 Å². The molecule has 1 fully saturated rings. The molecule has 3 atom stereocenters. The molecular weight excluding hydrogens is 398 g/mol.